The molecule has 0 spiro atoms. The molecule has 0 saturated heterocycles. The number of ether oxygens (including phenoxy) is 1. The highest BCUT2D eigenvalue weighted by Gasteiger charge is 2.62. The lowest BCUT2D eigenvalue weighted by molar-refractivity contribution is -0.153. The molecule has 4 heterocycles. The number of fused-ring (bicyclic) bond motifs is 2. The zero-order valence-corrected chi connectivity index (χ0v) is 20.1. The minimum atomic E-state index is -0.0282. The molecule has 0 amide bonds. The van der Waals surface area contributed by atoms with Gasteiger partial charge in [0.15, 0.2) is 11.5 Å². The molecule has 34 heavy (non-hydrogen) atoms. The number of aromatic nitrogens is 5. The van der Waals surface area contributed by atoms with Gasteiger partial charge in [0.1, 0.15) is 17.8 Å². The number of pyridine rings is 1. The highest BCUT2D eigenvalue weighted by atomic mass is 35.5. The van der Waals surface area contributed by atoms with Gasteiger partial charge in [-0.15, -0.1) is 0 Å². The summed E-state index contributed by atoms with van der Waals surface area (Å²) in [6, 6.07) is 1.77. The second kappa shape index (κ2) is 6.82. The molecule has 9 nitrogen and oxygen atoms in total. The van der Waals surface area contributed by atoms with Crippen LogP contribution >= 0.6 is 11.6 Å². The van der Waals surface area contributed by atoms with Gasteiger partial charge in [-0.1, -0.05) is 18.2 Å². The number of nitrogens with zero attached hydrogens (tertiary/aromatic N) is 7. The highest BCUT2D eigenvalue weighted by molar-refractivity contribution is 6.33. The maximum atomic E-state index is 6.50. The molecule has 2 unspecified atom stereocenters. The minimum absolute atomic E-state index is 0.0272. The van der Waals surface area contributed by atoms with E-state index in [1.165, 1.54) is 25.6 Å². The van der Waals surface area contributed by atoms with Crippen LogP contribution in [-0.4, -0.2) is 49.9 Å². The van der Waals surface area contributed by atoms with Crippen molar-refractivity contribution in [3.63, 3.8) is 0 Å². The van der Waals surface area contributed by atoms with Crippen molar-refractivity contribution in [2.75, 3.05) is 29.3 Å². The molecule has 0 aromatic carbocycles. The molecule has 5 aliphatic rings. The van der Waals surface area contributed by atoms with Crippen LogP contribution in [0.15, 0.2) is 37.2 Å². The topological polar surface area (TPSA) is 83.7 Å². The molecule has 3 aromatic rings. The summed E-state index contributed by atoms with van der Waals surface area (Å²) in [5.74, 6) is 3.72. The van der Waals surface area contributed by atoms with E-state index in [9.17, 15) is 0 Å². The van der Waals surface area contributed by atoms with Crippen LogP contribution in [-0.2, 0) is 4.74 Å². The van der Waals surface area contributed by atoms with E-state index in [0.717, 1.165) is 36.6 Å². The minimum Gasteiger partial charge on any atom is -0.378 e. The molecular weight excluding hydrogens is 452 g/mol. The van der Waals surface area contributed by atoms with Crippen molar-refractivity contribution in [1.29, 1.82) is 0 Å². The molecule has 4 fully saturated rings. The zero-order chi connectivity index (χ0) is 23.2. The first-order valence-electron chi connectivity index (χ1n) is 11.8. The van der Waals surface area contributed by atoms with Crippen LogP contribution in [0.1, 0.15) is 38.5 Å². The van der Waals surface area contributed by atoms with Crippen molar-refractivity contribution in [1.82, 2.24) is 24.6 Å². The Kier molecular flexibility index (Phi) is 4.11. The number of rotatable bonds is 4. The first-order valence-corrected chi connectivity index (χ1v) is 12.2. The van der Waals surface area contributed by atoms with Gasteiger partial charge in [-0.25, -0.2) is 14.5 Å². The Morgan fingerprint density at radius 1 is 1.21 bits per heavy atom. The summed E-state index contributed by atoms with van der Waals surface area (Å²) in [7, 11) is 3.93. The third kappa shape index (κ3) is 2.77. The van der Waals surface area contributed by atoms with E-state index >= 15 is 0 Å². The van der Waals surface area contributed by atoms with Crippen molar-refractivity contribution < 1.29 is 4.74 Å². The Hall–Kier alpha value is -2.91. The van der Waals surface area contributed by atoms with Crippen molar-refractivity contribution >= 4 is 40.4 Å². The van der Waals surface area contributed by atoms with E-state index in [1.807, 2.05) is 20.4 Å². The van der Waals surface area contributed by atoms with Gasteiger partial charge in [-0.05, 0) is 43.9 Å². The van der Waals surface area contributed by atoms with Crippen LogP contribution in [0, 0.1) is 11.8 Å². The first-order chi connectivity index (χ1) is 16.4. The summed E-state index contributed by atoms with van der Waals surface area (Å²) in [6.07, 6.45) is 12.1. The maximum absolute atomic E-state index is 6.50. The Morgan fingerprint density at radius 3 is 2.76 bits per heavy atom. The monoisotopic (exact) mass is 478 g/mol. The van der Waals surface area contributed by atoms with Crippen LogP contribution in [0.2, 0.25) is 5.02 Å². The van der Waals surface area contributed by atoms with Crippen LogP contribution in [0.4, 0.5) is 23.1 Å². The van der Waals surface area contributed by atoms with Gasteiger partial charge >= 0.3 is 0 Å². The van der Waals surface area contributed by atoms with E-state index in [0.29, 0.717) is 34.1 Å². The Bertz CT molecular complexity index is 1320. The highest BCUT2D eigenvalue weighted by Crippen LogP contribution is 2.63. The summed E-state index contributed by atoms with van der Waals surface area (Å²) >= 11 is 6.50. The van der Waals surface area contributed by atoms with Crippen molar-refractivity contribution in [3.05, 3.63) is 42.2 Å². The standard InChI is InChI=1S/C24H27ClN8O/c1-14-31(2)19-10-26-22(29-18-11-32-20(5-17(18)25)27-13-28-32)30-21(19)33(14)23-6-15-4-16(7-23)9-24(8-15,12-23)34-3/h5,10-11,13,15-16H,1,4,6-9,12H2,2-3H3,(H,26,29,30). The number of halogens is 1. The summed E-state index contributed by atoms with van der Waals surface area (Å²) in [6.45, 7) is 4.48. The average molecular weight is 479 g/mol. The van der Waals surface area contributed by atoms with Crippen LogP contribution in [0.3, 0.4) is 0 Å². The fraction of sp³-hybridized carbons (Fsp3) is 0.500. The normalized spacial score (nSPS) is 31.6. The Labute approximate surface area is 202 Å². The fourth-order valence-electron chi connectivity index (χ4n) is 7.42. The second-order valence-corrected chi connectivity index (χ2v) is 10.9. The van der Waals surface area contributed by atoms with Crippen LogP contribution in [0.25, 0.3) is 5.65 Å². The number of hydrogen-bond acceptors (Lipinski definition) is 8. The molecule has 1 N–H and O–H groups in total. The van der Waals surface area contributed by atoms with Gasteiger partial charge in [0.05, 0.1) is 34.2 Å². The molecule has 3 aromatic heterocycles. The largest absolute Gasteiger partial charge is 0.378 e. The molecule has 0 radical (unpaired) electrons. The number of methoxy groups -OCH3 is 1. The Morgan fingerprint density at radius 2 is 2.00 bits per heavy atom. The quantitative estimate of drug-likeness (QED) is 0.591. The van der Waals surface area contributed by atoms with Gasteiger partial charge in [0.25, 0.3) is 0 Å². The molecule has 176 valence electrons. The number of anilines is 4. The van der Waals surface area contributed by atoms with Crippen molar-refractivity contribution in [2.24, 2.45) is 11.8 Å². The van der Waals surface area contributed by atoms with E-state index < -0.39 is 0 Å². The van der Waals surface area contributed by atoms with Crippen molar-refractivity contribution in [3.8, 4) is 0 Å². The van der Waals surface area contributed by atoms with Gasteiger partial charge < -0.3 is 19.9 Å². The van der Waals surface area contributed by atoms with E-state index in [2.05, 4.69) is 36.8 Å². The third-order valence-corrected chi connectivity index (χ3v) is 8.78. The van der Waals surface area contributed by atoms with E-state index in [-0.39, 0.29) is 11.1 Å². The van der Waals surface area contributed by atoms with Crippen molar-refractivity contribution in [2.45, 2.75) is 49.7 Å². The van der Waals surface area contributed by atoms with E-state index in [1.54, 1.807) is 16.8 Å². The second-order valence-electron chi connectivity index (χ2n) is 10.5. The number of hydrogen-bond donors (Lipinski definition) is 1. The first kappa shape index (κ1) is 20.5. The molecule has 4 saturated carbocycles. The van der Waals surface area contributed by atoms with Gasteiger partial charge in [0.2, 0.25) is 5.95 Å². The lowest BCUT2D eigenvalue weighted by Gasteiger charge is -2.63. The summed E-state index contributed by atoms with van der Waals surface area (Å²) in [4.78, 5) is 18.3. The smallest absolute Gasteiger partial charge is 0.229 e. The molecule has 4 aliphatic carbocycles. The van der Waals surface area contributed by atoms with Gasteiger partial charge in [-0.2, -0.15) is 10.1 Å². The summed E-state index contributed by atoms with van der Waals surface area (Å²) < 4.78 is 7.86. The van der Waals surface area contributed by atoms with Gasteiger partial charge in [0, 0.05) is 26.6 Å². The maximum Gasteiger partial charge on any atom is 0.229 e. The molecule has 8 rings (SSSR count). The fourth-order valence-corrected chi connectivity index (χ4v) is 7.61. The molecule has 4 bridgehead atoms. The van der Waals surface area contributed by atoms with E-state index in [4.69, 9.17) is 21.3 Å². The molecule has 1 aliphatic heterocycles. The molecule has 10 heteroatoms. The average Bonchev–Trinajstić information content (AvgIpc) is 3.35. The molecule has 2 atom stereocenters. The zero-order valence-electron chi connectivity index (χ0n) is 19.3. The SMILES string of the molecule is C=C1N(C)c2cnc(Nc3cn4ncnc4cc3Cl)nc2N1C12CC3CC(CC(OC)(C3)C1)C2. The Balaban J connectivity index is 1.28. The third-order valence-electron chi connectivity index (χ3n) is 8.46. The predicted molar refractivity (Wildman–Crippen MR) is 130 cm³/mol. The lowest BCUT2D eigenvalue weighted by Crippen LogP contribution is -2.66. The van der Waals surface area contributed by atoms with Crippen LogP contribution in [0.5, 0.6) is 0 Å². The summed E-state index contributed by atoms with van der Waals surface area (Å²) in [5, 5.41) is 8.02. The van der Waals surface area contributed by atoms with Crippen LogP contribution < -0.4 is 15.1 Å². The molecular formula is C24H27ClN8O. The predicted octanol–water partition coefficient (Wildman–Crippen LogP) is 4.38. The van der Waals surface area contributed by atoms with Gasteiger partial charge in [-0.3, -0.25) is 0 Å². The lowest BCUT2D eigenvalue weighted by atomic mass is 9.50. The number of nitrogens with one attached hydrogen (secondary N) is 1. The summed E-state index contributed by atoms with van der Waals surface area (Å²) in [5.41, 5.74) is 2.27.